The van der Waals surface area contributed by atoms with Gasteiger partial charge in [-0.3, -0.25) is 0 Å². The van der Waals surface area contributed by atoms with Crippen LogP contribution in [0.5, 0.6) is 0 Å². The minimum absolute atomic E-state index is 0.103. The predicted molar refractivity (Wildman–Crippen MR) is 57.1 cm³/mol. The van der Waals surface area contributed by atoms with E-state index in [1.165, 1.54) is 0 Å². The highest BCUT2D eigenvalue weighted by Gasteiger charge is 2.35. The van der Waals surface area contributed by atoms with Crippen LogP contribution in [0.1, 0.15) is 47.6 Å². The molecule has 112 valence electrons. The first-order chi connectivity index (χ1) is 9.04. The predicted octanol–water partition coefficient (Wildman–Crippen LogP) is 2.60. The SMILES string of the molecule is CC(C)Cc1cc(C(F)(F)F)nc(C(F)F)c1C(=O)[O-]. The van der Waals surface area contributed by atoms with E-state index in [9.17, 15) is 31.9 Å². The van der Waals surface area contributed by atoms with Crippen LogP contribution in [-0.4, -0.2) is 11.0 Å². The molecule has 8 heteroatoms. The van der Waals surface area contributed by atoms with Crippen LogP contribution < -0.4 is 5.11 Å². The fourth-order valence-electron chi connectivity index (χ4n) is 1.76. The van der Waals surface area contributed by atoms with Gasteiger partial charge in [-0.15, -0.1) is 0 Å². The molecule has 0 unspecified atom stereocenters. The largest absolute Gasteiger partial charge is 0.545 e. The number of carboxylic acid groups (broad SMARTS) is 1. The Morgan fingerprint density at radius 2 is 1.90 bits per heavy atom. The van der Waals surface area contributed by atoms with E-state index in [1.54, 1.807) is 13.8 Å². The van der Waals surface area contributed by atoms with Crippen molar-refractivity contribution in [1.82, 2.24) is 4.98 Å². The van der Waals surface area contributed by atoms with Gasteiger partial charge >= 0.3 is 6.18 Å². The molecule has 0 bridgehead atoms. The van der Waals surface area contributed by atoms with Crippen molar-refractivity contribution in [3.05, 3.63) is 28.6 Å². The summed E-state index contributed by atoms with van der Waals surface area (Å²) < 4.78 is 63.3. The molecule has 1 heterocycles. The van der Waals surface area contributed by atoms with Gasteiger partial charge in [-0.1, -0.05) is 13.8 Å². The number of nitrogens with zero attached hydrogens (tertiary/aromatic N) is 1. The maximum Gasteiger partial charge on any atom is 0.433 e. The number of carbonyl (C=O) groups is 1. The van der Waals surface area contributed by atoms with E-state index in [0.29, 0.717) is 6.07 Å². The Kier molecular flexibility index (Phi) is 4.67. The van der Waals surface area contributed by atoms with Crippen molar-refractivity contribution in [2.75, 3.05) is 0 Å². The molecule has 3 nitrogen and oxygen atoms in total. The highest BCUT2D eigenvalue weighted by atomic mass is 19.4. The number of pyridine rings is 1. The number of hydrogen-bond acceptors (Lipinski definition) is 3. The van der Waals surface area contributed by atoms with Gasteiger partial charge in [0.15, 0.2) is 0 Å². The second-order valence-electron chi connectivity index (χ2n) is 4.61. The third-order valence-corrected chi connectivity index (χ3v) is 2.46. The van der Waals surface area contributed by atoms with Crippen LogP contribution in [0.15, 0.2) is 6.07 Å². The number of halogens is 5. The summed E-state index contributed by atoms with van der Waals surface area (Å²) in [4.78, 5) is 13.7. The fourth-order valence-corrected chi connectivity index (χ4v) is 1.76. The molecule has 0 aliphatic carbocycles. The summed E-state index contributed by atoms with van der Waals surface area (Å²) in [6, 6.07) is 0.483. The van der Waals surface area contributed by atoms with Gasteiger partial charge in [0.2, 0.25) is 0 Å². The van der Waals surface area contributed by atoms with E-state index in [0.717, 1.165) is 0 Å². The van der Waals surface area contributed by atoms with Crippen molar-refractivity contribution in [2.24, 2.45) is 5.92 Å². The molecule has 0 amide bonds. The number of alkyl halides is 5. The minimum atomic E-state index is -4.93. The van der Waals surface area contributed by atoms with E-state index >= 15 is 0 Å². The van der Waals surface area contributed by atoms with Crippen molar-refractivity contribution >= 4 is 5.97 Å². The summed E-state index contributed by atoms with van der Waals surface area (Å²) >= 11 is 0. The fraction of sp³-hybridized carbons (Fsp3) is 0.500. The molecule has 0 aromatic carbocycles. The number of carboxylic acids is 1. The van der Waals surface area contributed by atoms with Crippen molar-refractivity contribution in [1.29, 1.82) is 0 Å². The molecule has 1 aromatic rings. The zero-order valence-corrected chi connectivity index (χ0v) is 10.6. The Morgan fingerprint density at radius 3 is 2.25 bits per heavy atom. The lowest BCUT2D eigenvalue weighted by Crippen LogP contribution is -2.28. The Bertz CT molecular complexity index is 511. The van der Waals surface area contributed by atoms with Crippen LogP contribution in [-0.2, 0) is 12.6 Å². The molecule has 1 rings (SSSR count). The van der Waals surface area contributed by atoms with Crippen molar-refractivity contribution in [3.63, 3.8) is 0 Å². The quantitative estimate of drug-likeness (QED) is 0.802. The second kappa shape index (κ2) is 5.72. The monoisotopic (exact) mass is 296 g/mol. The van der Waals surface area contributed by atoms with E-state index < -0.39 is 35.5 Å². The molecule has 0 saturated heterocycles. The van der Waals surface area contributed by atoms with Gasteiger partial charge in [0, 0.05) is 5.56 Å². The highest BCUT2D eigenvalue weighted by molar-refractivity contribution is 5.89. The molecular weight excluding hydrogens is 285 g/mol. The lowest BCUT2D eigenvalue weighted by molar-refractivity contribution is -0.255. The van der Waals surface area contributed by atoms with Gasteiger partial charge in [-0.25, -0.2) is 13.8 Å². The summed E-state index contributed by atoms with van der Waals surface area (Å²) in [6.07, 6.45) is -8.47. The van der Waals surface area contributed by atoms with E-state index in [1.807, 2.05) is 0 Å². The first kappa shape index (κ1) is 16.3. The van der Waals surface area contributed by atoms with Gasteiger partial charge < -0.3 is 9.90 Å². The molecule has 0 spiro atoms. The molecular formula is C12H11F5NO2-. The number of aromatic carboxylic acids is 1. The zero-order valence-electron chi connectivity index (χ0n) is 10.6. The smallest absolute Gasteiger partial charge is 0.433 e. The number of carbonyl (C=O) groups excluding carboxylic acids is 1. The Morgan fingerprint density at radius 1 is 1.35 bits per heavy atom. The molecule has 0 radical (unpaired) electrons. The molecule has 0 atom stereocenters. The van der Waals surface area contributed by atoms with E-state index in [2.05, 4.69) is 4.98 Å². The maximum atomic E-state index is 12.8. The number of hydrogen-bond donors (Lipinski definition) is 0. The third kappa shape index (κ3) is 3.64. The highest BCUT2D eigenvalue weighted by Crippen LogP contribution is 2.33. The topological polar surface area (TPSA) is 53.0 Å². The van der Waals surface area contributed by atoms with Gasteiger partial charge in [0.25, 0.3) is 6.43 Å². The van der Waals surface area contributed by atoms with Crippen molar-refractivity contribution < 1.29 is 31.9 Å². The standard InChI is InChI=1S/C12H12F5NO2/c1-5(2)3-6-4-7(12(15,16)17)18-9(10(13)14)8(6)11(19)20/h4-5,10H,3H2,1-2H3,(H,19,20)/p-1. The van der Waals surface area contributed by atoms with E-state index in [-0.39, 0.29) is 17.9 Å². The molecule has 20 heavy (non-hydrogen) atoms. The van der Waals surface area contributed by atoms with Gasteiger partial charge in [0.05, 0.1) is 5.97 Å². The molecule has 0 N–H and O–H groups in total. The normalized spacial score (nSPS) is 12.2. The minimum Gasteiger partial charge on any atom is -0.545 e. The Labute approximate surface area is 111 Å². The first-order valence-corrected chi connectivity index (χ1v) is 5.64. The Balaban J connectivity index is 3.59. The summed E-state index contributed by atoms with van der Waals surface area (Å²) in [7, 11) is 0. The van der Waals surface area contributed by atoms with Crippen LogP contribution in [0.4, 0.5) is 22.0 Å². The molecule has 0 aliphatic heterocycles. The summed E-state index contributed by atoms with van der Waals surface area (Å²) in [5.74, 6) is -2.18. The average Bonchev–Trinajstić information content (AvgIpc) is 2.25. The molecule has 0 fully saturated rings. The molecule has 0 saturated carbocycles. The average molecular weight is 296 g/mol. The van der Waals surface area contributed by atoms with Gasteiger partial charge in [0.1, 0.15) is 11.4 Å². The first-order valence-electron chi connectivity index (χ1n) is 5.64. The van der Waals surface area contributed by atoms with Crippen molar-refractivity contribution in [2.45, 2.75) is 32.9 Å². The number of rotatable bonds is 4. The lowest BCUT2D eigenvalue weighted by Gasteiger charge is -2.18. The van der Waals surface area contributed by atoms with Crippen LogP contribution >= 0.6 is 0 Å². The van der Waals surface area contributed by atoms with E-state index in [4.69, 9.17) is 0 Å². The van der Waals surface area contributed by atoms with Gasteiger partial charge in [-0.05, 0) is 24.0 Å². The second-order valence-corrected chi connectivity index (χ2v) is 4.61. The van der Waals surface area contributed by atoms with Crippen molar-refractivity contribution in [3.8, 4) is 0 Å². The zero-order chi connectivity index (χ0) is 15.7. The maximum absolute atomic E-state index is 12.8. The van der Waals surface area contributed by atoms with Crippen LogP contribution in [0.2, 0.25) is 0 Å². The molecule has 0 aliphatic rings. The van der Waals surface area contributed by atoms with Crippen LogP contribution in [0.3, 0.4) is 0 Å². The van der Waals surface area contributed by atoms with Crippen LogP contribution in [0, 0.1) is 5.92 Å². The Hall–Kier alpha value is -1.73. The lowest BCUT2D eigenvalue weighted by atomic mass is 9.96. The van der Waals surface area contributed by atoms with Crippen LogP contribution in [0.25, 0.3) is 0 Å². The number of aromatic nitrogens is 1. The summed E-state index contributed by atoms with van der Waals surface area (Å²) in [5.41, 5.74) is -4.25. The summed E-state index contributed by atoms with van der Waals surface area (Å²) in [5, 5.41) is 10.9. The van der Waals surface area contributed by atoms with Gasteiger partial charge in [-0.2, -0.15) is 13.2 Å². The third-order valence-electron chi connectivity index (χ3n) is 2.46. The summed E-state index contributed by atoms with van der Waals surface area (Å²) in [6.45, 7) is 3.24. The molecule has 1 aromatic heterocycles.